The van der Waals surface area contributed by atoms with Crippen molar-refractivity contribution in [2.45, 2.75) is 15.2 Å². The Kier molecular flexibility index (Phi) is 6.62. The van der Waals surface area contributed by atoms with Crippen LogP contribution in [0.3, 0.4) is 0 Å². The predicted octanol–water partition coefficient (Wildman–Crippen LogP) is 9.72. The first-order chi connectivity index (χ1) is 21.8. The van der Waals surface area contributed by atoms with Crippen molar-refractivity contribution >= 4 is 11.8 Å². The fourth-order valence-corrected chi connectivity index (χ4v) is 7.47. The van der Waals surface area contributed by atoms with Crippen molar-refractivity contribution in [2.75, 3.05) is 0 Å². The minimum absolute atomic E-state index is 0.471. The van der Waals surface area contributed by atoms with Gasteiger partial charge in [-0.2, -0.15) is 0 Å². The Morgan fingerprint density at radius 2 is 0.705 bits per heavy atom. The molecule has 0 bridgehead atoms. The molecule has 3 nitrogen and oxygen atoms in total. The van der Waals surface area contributed by atoms with Crippen LogP contribution in [0, 0.1) is 0 Å². The SMILES string of the molecule is c1ccc(-c2nc(-c3ccccc3)nc(-c3ccc(C4(c5ccccc5)c5ccccc5Sc5ccccc54)cc3)n2)cc1. The fourth-order valence-electron chi connectivity index (χ4n) is 6.28. The van der Waals surface area contributed by atoms with Crippen molar-refractivity contribution in [1.82, 2.24) is 15.0 Å². The summed E-state index contributed by atoms with van der Waals surface area (Å²) >= 11 is 1.85. The molecule has 0 N–H and O–H groups in total. The number of aromatic nitrogens is 3. The molecule has 208 valence electrons. The zero-order valence-corrected chi connectivity index (χ0v) is 24.7. The van der Waals surface area contributed by atoms with E-state index >= 15 is 0 Å². The van der Waals surface area contributed by atoms with Crippen molar-refractivity contribution in [3.8, 4) is 34.2 Å². The largest absolute Gasteiger partial charge is 0.208 e. The van der Waals surface area contributed by atoms with Crippen LogP contribution in [0.25, 0.3) is 34.2 Å². The Bertz CT molecular complexity index is 1970. The highest BCUT2D eigenvalue weighted by atomic mass is 32.2. The van der Waals surface area contributed by atoms with Gasteiger partial charge in [0.05, 0.1) is 5.41 Å². The Morgan fingerprint density at radius 3 is 1.18 bits per heavy atom. The quantitative estimate of drug-likeness (QED) is 0.203. The van der Waals surface area contributed by atoms with Crippen molar-refractivity contribution in [3.63, 3.8) is 0 Å². The van der Waals surface area contributed by atoms with E-state index in [4.69, 9.17) is 15.0 Å². The van der Waals surface area contributed by atoms with E-state index in [-0.39, 0.29) is 0 Å². The van der Waals surface area contributed by atoms with E-state index in [1.165, 1.54) is 32.0 Å². The zero-order valence-electron chi connectivity index (χ0n) is 23.8. The average molecular weight is 582 g/mol. The van der Waals surface area contributed by atoms with Crippen molar-refractivity contribution < 1.29 is 0 Å². The van der Waals surface area contributed by atoms with Crippen LogP contribution in [-0.2, 0) is 5.41 Å². The van der Waals surface area contributed by atoms with Crippen molar-refractivity contribution in [1.29, 1.82) is 0 Å². The Morgan fingerprint density at radius 1 is 0.341 bits per heavy atom. The molecular weight excluding hydrogens is 555 g/mol. The van der Waals surface area contributed by atoms with E-state index in [2.05, 4.69) is 103 Å². The standard InChI is InChI=1S/C40H27N3S/c1-4-14-28(15-5-1)37-41-38(29-16-6-2-7-17-29)43-39(42-37)30-24-26-32(27-25-30)40(31-18-8-3-9-19-31)33-20-10-12-22-35(33)44-36-23-13-11-21-34(36)40/h1-27H. The van der Waals surface area contributed by atoms with E-state index in [9.17, 15) is 0 Å². The Labute approximate surface area is 261 Å². The number of hydrogen-bond donors (Lipinski definition) is 0. The molecule has 0 aliphatic carbocycles. The van der Waals surface area contributed by atoms with Crippen LogP contribution in [0.1, 0.15) is 22.3 Å². The van der Waals surface area contributed by atoms with Crippen LogP contribution in [0.15, 0.2) is 174 Å². The molecule has 0 atom stereocenters. The molecule has 8 rings (SSSR count). The first-order valence-corrected chi connectivity index (χ1v) is 15.5. The topological polar surface area (TPSA) is 38.7 Å². The Hall–Kier alpha value is -5.32. The smallest absolute Gasteiger partial charge is 0.164 e. The molecule has 44 heavy (non-hydrogen) atoms. The third-order valence-corrected chi connectivity index (χ3v) is 9.44. The summed E-state index contributed by atoms with van der Waals surface area (Å²) < 4.78 is 0. The van der Waals surface area contributed by atoms with Crippen LogP contribution >= 0.6 is 11.8 Å². The number of benzene rings is 6. The Balaban J connectivity index is 1.32. The van der Waals surface area contributed by atoms with Crippen LogP contribution < -0.4 is 0 Å². The highest BCUT2D eigenvalue weighted by Crippen LogP contribution is 2.55. The van der Waals surface area contributed by atoms with Crippen molar-refractivity contribution in [3.05, 3.63) is 186 Å². The minimum atomic E-state index is -0.471. The predicted molar refractivity (Wildman–Crippen MR) is 179 cm³/mol. The molecule has 0 spiro atoms. The van der Waals surface area contributed by atoms with Crippen LogP contribution in [0.4, 0.5) is 0 Å². The van der Waals surface area contributed by atoms with E-state index in [1.54, 1.807) is 0 Å². The second kappa shape index (κ2) is 11.1. The molecule has 0 saturated heterocycles. The summed E-state index contributed by atoms with van der Waals surface area (Å²) in [5.41, 5.74) is 7.42. The average Bonchev–Trinajstić information content (AvgIpc) is 3.11. The van der Waals surface area contributed by atoms with Crippen LogP contribution in [0.2, 0.25) is 0 Å². The van der Waals surface area contributed by atoms with Gasteiger partial charge in [-0.1, -0.05) is 163 Å². The summed E-state index contributed by atoms with van der Waals surface area (Å²) in [5.74, 6) is 1.97. The highest BCUT2D eigenvalue weighted by molar-refractivity contribution is 7.99. The molecule has 0 fully saturated rings. The molecule has 0 saturated carbocycles. The molecule has 0 unspecified atom stereocenters. The monoisotopic (exact) mass is 581 g/mol. The van der Waals surface area contributed by atoms with E-state index in [0.717, 1.165) is 16.7 Å². The van der Waals surface area contributed by atoms with Gasteiger partial charge in [0.1, 0.15) is 0 Å². The third kappa shape index (κ3) is 4.43. The maximum Gasteiger partial charge on any atom is 0.164 e. The second-order valence-corrected chi connectivity index (χ2v) is 11.9. The normalized spacial score (nSPS) is 13.1. The molecule has 0 amide bonds. The number of nitrogens with zero attached hydrogens (tertiary/aromatic N) is 3. The summed E-state index contributed by atoms with van der Waals surface area (Å²) in [6, 6.07) is 57.5. The lowest BCUT2D eigenvalue weighted by Crippen LogP contribution is -2.34. The minimum Gasteiger partial charge on any atom is -0.208 e. The summed E-state index contributed by atoms with van der Waals surface area (Å²) in [5, 5.41) is 0. The first kappa shape index (κ1) is 26.3. The molecule has 1 aromatic heterocycles. The summed E-state index contributed by atoms with van der Waals surface area (Å²) in [4.78, 5) is 17.3. The van der Waals surface area contributed by atoms with Gasteiger partial charge in [0.25, 0.3) is 0 Å². The second-order valence-electron chi connectivity index (χ2n) is 10.8. The summed E-state index contributed by atoms with van der Waals surface area (Å²) in [7, 11) is 0. The molecule has 1 aliphatic rings. The molecule has 1 aliphatic heterocycles. The molecular formula is C40H27N3S. The third-order valence-electron chi connectivity index (χ3n) is 8.28. The van der Waals surface area contributed by atoms with Gasteiger partial charge in [0, 0.05) is 26.5 Å². The maximum absolute atomic E-state index is 4.96. The number of hydrogen-bond acceptors (Lipinski definition) is 4. The zero-order chi connectivity index (χ0) is 29.3. The first-order valence-electron chi connectivity index (χ1n) is 14.7. The molecule has 4 heteroatoms. The van der Waals surface area contributed by atoms with Crippen molar-refractivity contribution in [2.24, 2.45) is 0 Å². The van der Waals surface area contributed by atoms with Crippen LogP contribution in [-0.4, -0.2) is 15.0 Å². The number of rotatable bonds is 5. The lowest BCUT2D eigenvalue weighted by Gasteiger charge is -2.41. The fraction of sp³-hybridized carbons (Fsp3) is 0.0250. The van der Waals surface area contributed by atoms with E-state index in [0.29, 0.717) is 17.5 Å². The van der Waals surface area contributed by atoms with Crippen LogP contribution in [0.5, 0.6) is 0 Å². The van der Waals surface area contributed by atoms with Gasteiger partial charge in [-0.3, -0.25) is 0 Å². The molecule has 0 radical (unpaired) electrons. The van der Waals surface area contributed by atoms with E-state index < -0.39 is 5.41 Å². The van der Waals surface area contributed by atoms with Gasteiger partial charge < -0.3 is 0 Å². The molecule has 7 aromatic rings. The van der Waals surface area contributed by atoms with Gasteiger partial charge in [-0.05, 0) is 34.4 Å². The lowest BCUT2D eigenvalue weighted by molar-refractivity contribution is 0.703. The highest BCUT2D eigenvalue weighted by Gasteiger charge is 2.44. The van der Waals surface area contributed by atoms with Gasteiger partial charge in [0.2, 0.25) is 0 Å². The van der Waals surface area contributed by atoms with Gasteiger partial charge in [-0.15, -0.1) is 0 Å². The summed E-state index contributed by atoms with van der Waals surface area (Å²) in [6.45, 7) is 0. The maximum atomic E-state index is 4.96. The van der Waals surface area contributed by atoms with Gasteiger partial charge in [0.15, 0.2) is 17.5 Å². The van der Waals surface area contributed by atoms with E-state index in [1.807, 2.05) is 72.4 Å². The van der Waals surface area contributed by atoms with Gasteiger partial charge >= 0.3 is 0 Å². The lowest BCUT2D eigenvalue weighted by atomic mass is 9.65. The molecule has 6 aromatic carbocycles. The molecule has 2 heterocycles. The van der Waals surface area contributed by atoms with Gasteiger partial charge in [-0.25, -0.2) is 15.0 Å². The summed E-state index contributed by atoms with van der Waals surface area (Å²) in [6.07, 6.45) is 0. The number of fused-ring (bicyclic) bond motifs is 2.